The topological polar surface area (TPSA) is 37.3 Å². The average Bonchev–Trinajstić information content (AvgIpc) is 2.55. The molecule has 0 aliphatic carbocycles. The Kier molecular flexibility index (Phi) is 5.37. The maximum absolute atomic E-state index is 10.5. The molecule has 1 rings (SSSR count). The summed E-state index contributed by atoms with van der Waals surface area (Å²) in [6, 6.07) is 1.86. The van der Waals surface area contributed by atoms with E-state index < -0.39 is 5.97 Å². The predicted molar refractivity (Wildman–Crippen MR) is 52.0 cm³/mol. The monoisotopic (exact) mass is 186 g/mol. The highest BCUT2D eigenvalue weighted by molar-refractivity contribution is 7.12. The molecule has 0 fully saturated rings. The highest BCUT2D eigenvalue weighted by Gasteiger charge is 2.08. The predicted octanol–water partition coefficient (Wildman–Crippen LogP) is 3.03. The molecule has 1 aromatic heterocycles. The molecule has 0 aliphatic rings. The number of aryl methyl sites for hydroxylation is 1. The van der Waals surface area contributed by atoms with Crippen LogP contribution in [-0.4, -0.2) is 11.1 Å². The van der Waals surface area contributed by atoms with Crippen LogP contribution in [0.25, 0.3) is 0 Å². The van der Waals surface area contributed by atoms with Gasteiger partial charge in [0.05, 0.1) is 0 Å². The number of hydrogen-bond donors (Lipinski definition) is 1. The van der Waals surface area contributed by atoms with Crippen LogP contribution in [0.3, 0.4) is 0 Å². The van der Waals surface area contributed by atoms with Crippen LogP contribution in [0.2, 0.25) is 0 Å². The van der Waals surface area contributed by atoms with Crippen LogP contribution < -0.4 is 0 Å². The van der Waals surface area contributed by atoms with Crippen molar-refractivity contribution < 1.29 is 9.90 Å². The Hall–Kier alpha value is -0.830. The lowest BCUT2D eigenvalue weighted by molar-refractivity contribution is 0.0701. The quantitative estimate of drug-likeness (QED) is 0.770. The molecular formula is C9H14O2S. The second-order valence-corrected chi connectivity index (χ2v) is 2.85. The summed E-state index contributed by atoms with van der Waals surface area (Å²) in [5, 5.41) is 10.4. The summed E-state index contributed by atoms with van der Waals surface area (Å²) >= 11 is 1.28. The van der Waals surface area contributed by atoms with Crippen molar-refractivity contribution in [2.24, 2.45) is 0 Å². The SMILES string of the molecule is CC.CCc1ccsc1C(=O)O. The van der Waals surface area contributed by atoms with Gasteiger partial charge in [-0.1, -0.05) is 20.8 Å². The molecule has 0 saturated heterocycles. The molecule has 12 heavy (non-hydrogen) atoms. The minimum Gasteiger partial charge on any atom is -0.477 e. The first-order valence-electron chi connectivity index (χ1n) is 4.05. The molecule has 3 heteroatoms. The van der Waals surface area contributed by atoms with Gasteiger partial charge >= 0.3 is 5.97 Å². The van der Waals surface area contributed by atoms with Crippen LogP contribution in [0.4, 0.5) is 0 Å². The summed E-state index contributed by atoms with van der Waals surface area (Å²) in [5.74, 6) is -0.813. The third kappa shape index (κ3) is 2.66. The van der Waals surface area contributed by atoms with E-state index in [1.165, 1.54) is 11.3 Å². The molecule has 1 aromatic rings. The number of carbonyl (C=O) groups is 1. The fraction of sp³-hybridized carbons (Fsp3) is 0.444. The van der Waals surface area contributed by atoms with E-state index in [1.807, 2.05) is 32.2 Å². The molecule has 1 N–H and O–H groups in total. The molecule has 1 heterocycles. The zero-order valence-corrected chi connectivity index (χ0v) is 8.44. The number of rotatable bonds is 2. The zero-order chi connectivity index (χ0) is 9.56. The van der Waals surface area contributed by atoms with Gasteiger partial charge in [0, 0.05) is 0 Å². The largest absolute Gasteiger partial charge is 0.477 e. The molecule has 0 saturated carbocycles. The Bertz CT molecular complexity index is 240. The van der Waals surface area contributed by atoms with E-state index in [4.69, 9.17) is 5.11 Å². The minimum absolute atomic E-state index is 0.475. The third-order valence-corrected chi connectivity index (χ3v) is 2.27. The lowest BCUT2D eigenvalue weighted by Gasteiger charge is -1.91. The van der Waals surface area contributed by atoms with Crippen LogP contribution in [0.15, 0.2) is 11.4 Å². The number of carboxylic acids is 1. The molecule has 0 aromatic carbocycles. The van der Waals surface area contributed by atoms with E-state index in [0.29, 0.717) is 4.88 Å². The van der Waals surface area contributed by atoms with Crippen LogP contribution in [-0.2, 0) is 6.42 Å². The lowest BCUT2D eigenvalue weighted by Crippen LogP contribution is -1.95. The van der Waals surface area contributed by atoms with Crippen molar-refractivity contribution in [3.8, 4) is 0 Å². The van der Waals surface area contributed by atoms with Gasteiger partial charge in [-0.3, -0.25) is 0 Å². The van der Waals surface area contributed by atoms with Gasteiger partial charge in [-0.05, 0) is 23.4 Å². The molecule has 68 valence electrons. The number of thiophene rings is 1. The molecule has 2 nitrogen and oxygen atoms in total. The van der Waals surface area contributed by atoms with Gasteiger partial charge in [-0.2, -0.15) is 0 Å². The Morgan fingerprint density at radius 2 is 2.17 bits per heavy atom. The van der Waals surface area contributed by atoms with Gasteiger partial charge in [0.1, 0.15) is 4.88 Å². The number of aromatic carboxylic acids is 1. The first kappa shape index (κ1) is 11.2. The summed E-state index contributed by atoms with van der Waals surface area (Å²) in [6.45, 7) is 5.95. The maximum Gasteiger partial charge on any atom is 0.346 e. The summed E-state index contributed by atoms with van der Waals surface area (Å²) in [7, 11) is 0. The van der Waals surface area contributed by atoms with Gasteiger partial charge in [0.25, 0.3) is 0 Å². The van der Waals surface area contributed by atoms with Gasteiger partial charge < -0.3 is 5.11 Å². The van der Waals surface area contributed by atoms with Crippen molar-refractivity contribution in [2.45, 2.75) is 27.2 Å². The first-order valence-corrected chi connectivity index (χ1v) is 4.93. The molecular weight excluding hydrogens is 172 g/mol. The summed E-state index contributed by atoms with van der Waals surface area (Å²) in [4.78, 5) is 10.9. The molecule has 0 bridgehead atoms. The lowest BCUT2D eigenvalue weighted by atomic mass is 10.2. The second kappa shape index (κ2) is 5.77. The van der Waals surface area contributed by atoms with E-state index >= 15 is 0 Å². The van der Waals surface area contributed by atoms with Gasteiger partial charge in [-0.25, -0.2) is 4.79 Å². The zero-order valence-electron chi connectivity index (χ0n) is 7.63. The molecule has 0 radical (unpaired) electrons. The Morgan fingerprint density at radius 1 is 1.58 bits per heavy atom. The minimum atomic E-state index is -0.813. The van der Waals surface area contributed by atoms with Crippen molar-refractivity contribution >= 4 is 17.3 Å². The Balaban J connectivity index is 0.000000561. The van der Waals surface area contributed by atoms with Crippen molar-refractivity contribution in [2.75, 3.05) is 0 Å². The molecule has 0 atom stereocenters. The van der Waals surface area contributed by atoms with Gasteiger partial charge in [-0.15, -0.1) is 11.3 Å². The van der Waals surface area contributed by atoms with E-state index in [9.17, 15) is 4.79 Å². The number of carboxylic acid groups (broad SMARTS) is 1. The number of hydrogen-bond acceptors (Lipinski definition) is 2. The summed E-state index contributed by atoms with van der Waals surface area (Å²) in [6.07, 6.45) is 0.797. The molecule has 0 aliphatic heterocycles. The first-order chi connectivity index (χ1) is 5.75. The summed E-state index contributed by atoms with van der Waals surface area (Å²) in [5.41, 5.74) is 0.928. The van der Waals surface area contributed by atoms with E-state index in [-0.39, 0.29) is 0 Å². The van der Waals surface area contributed by atoms with E-state index in [1.54, 1.807) is 0 Å². The Morgan fingerprint density at radius 3 is 2.50 bits per heavy atom. The normalized spacial score (nSPS) is 8.58. The average molecular weight is 186 g/mol. The van der Waals surface area contributed by atoms with Crippen LogP contribution in [0.5, 0.6) is 0 Å². The molecule has 0 unspecified atom stereocenters. The maximum atomic E-state index is 10.5. The molecule has 0 spiro atoms. The van der Waals surface area contributed by atoms with Crippen LogP contribution in [0, 0.1) is 0 Å². The standard InChI is InChI=1S/C7H8O2S.C2H6/c1-2-5-3-4-10-6(5)7(8)9;1-2/h3-4H,2H2,1H3,(H,8,9);1-2H3. The smallest absolute Gasteiger partial charge is 0.346 e. The van der Waals surface area contributed by atoms with Crippen molar-refractivity contribution in [1.29, 1.82) is 0 Å². The Labute approximate surface area is 76.9 Å². The van der Waals surface area contributed by atoms with E-state index in [0.717, 1.165) is 12.0 Å². The highest BCUT2D eigenvalue weighted by Crippen LogP contribution is 2.16. The van der Waals surface area contributed by atoms with Gasteiger partial charge in [0.2, 0.25) is 0 Å². The summed E-state index contributed by atoms with van der Waals surface area (Å²) < 4.78 is 0. The fourth-order valence-corrected chi connectivity index (χ4v) is 1.63. The van der Waals surface area contributed by atoms with E-state index in [2.05, 4.69) is 0 Å². The van der Waals surface area contributed by atoms with Crippen LogP contribution >= 0.6 is 11.3 Å². The third-order valence-electron chi connectivity index (χ3n) is 1.32. The van der Waals surface area contributed by atoms with Crippen molar-refractivity contribution in [3.63, 3.8) is 0 Å². The fourth-order valence-electron chi connectivity index (χ4n) is 0.802. The second-order valence-electron chi connectivity index (χ2n) is 1.93. The van der Waals surface area contributed by atoms with Crippen LogP contribution in [0.1, 0.15) is 36.0 Å². The van der Waals surface area contributed by atoms with Gasteiger partial charge in [0.15, 0.2) is 0 Å². The van der Waals surface area contributed by atoms with Crippen molar-refractivity contribution in [3.05, 3.63) is 21.9 Å². The highest BCUT2D eigenvalue weighted by atomic mass is 32.1. The van der Waals surface area contributed by atoms with Crippen molar-refractivity contribution in [1.82, 2.24) is 0 Å². The molecule has 0 amide bonds.